The first kappa shape index (κ1) is 14.1. The molecule has 2 N–H and O–H groups in total. The molecule has 3 heterocycles. The standard InChI is InChI=1S/C15H18N6O/c1-11-5-6-17-21(11)9-7-16-15(22)13-10-12(18-19-13)14-4-3-8-20(14)2/h3-6,8,10H,7,9H2,1-2H3,(H,16,22)(H,18,19). The van der Waals surface area contributed by atoms with Gasteiger partial charge in [0.25, 0.3) is 5.91 Å². The average Bonchev–Trinajstić information content (AvgIpc) is 3.20. The molecule has 1 amide bonds. The minimum absolute atomic E-state index is 0.169. The number of rotatable bonds is 5. The van der Waals surface area contributed by atoms with Crippen LogP contribution < -0.4 is 5.32 Å². The van der Waals surface area contributed by atoms with Crippen LogP contribution in [0, 0.1) is 6.92 Å². The van der Waals surface area contributed by atoms with Crippen LogP contribution in [0.2, 0.25) is 0 Å². The molecule has 114 valence electrons. The monoisotopic (exact) mass is 298 g/mol. The molecular weight excluding hydrogens is 280 g/mol. The number of carbonyl (C=O) groups is 1. The third kappa shape index (κ3) is 2.78. The van der Waals surface area contributed by atoms with E-state index in [0.29, 0.717) is 18.8 Å². The SMILES string of the molecule is Cc1ccnn1CCNC(=O)c1cc(-c2cccn2C)n[nH]1. The van der Waals surface area contributed by atoms with Gasteiger partial charge in [0.15, 0.2) is 0 Å². The highest BCUT2D eigenvalue weighted by Gasteiger charge is 2.12. The Labute approximate surface area is 128 Å². The number of aromatic nitrogens is 5. The summed E-state index contributed by atoms with van der Waals surface area (Å²) in [5.41, 5.74) is 3.23. The molecule has 3 rings (SSSR count). The summed E-state index contributed by atoms with van der Waals surface area (Å²) < 4.78 is 3.81. The summed E-state index contributed by atoms with van der Waals surface area (Å²) in [6.07, 6.45) is 3.69. The molecule has 22 heavy (non-hydrogen) atoms. The molecule has 0 saturated heterocycles. The first-order chi connectivity index (χ1) is 10.6. The minimum atomic E-state index is -0.169. The second-order valence-electron chi connectivity index (χ2n) is 5.12. The summed E-state index contributed by atoms with van der Waals surface area (Å²) in [7, 11) is 1.94. The van der Waals surface area contributed by atoms with Crippen LogP contribution in [0.25, 0.3) is 11.4 Å². The Morgan fingerprint density at radius 2 is 2.27 bits per heavy atom. The molecule has 3 aromatic rings. The third-order valence-corrected chi connectivity index (χ3v) is 3.57. The highest BCUT2D eigenvalue weighted by atomic mass is 16.1. The van der Waals surface area contributed by atoms with Crippen LogP contribution in [0.15, 0.2) is 36.7 Å². The fourth-order valence-corrected chi connectivity index (χ4v) is 2.30. The van der Waals surface area contributed by atoms with Crippen LogP contribution in [0.4, 0.5) is 0 Å². The van der Waals surface area contributed by atoms with E-state index in [-0.39, 0.29) is 5.91 Å². The first-order valence-electron chi connectivity index (χ1n) is 7.09. The van der Waals surface area contributed by atoms with Gasteiger partial charge in [-0.1, -0.05) is 0 Å². The largest absolute Gasteiger partial charge is 0.349 e. The Hall–Kier alpha value is -2.83. The highest BCUT2D eigenvalue weighted by molar-refractivity contribution is 5.93. The lowest BCUT2D eigenvalue weighted by atomic mass is 10.3. The molecule has 0 fully saturated rings. The van der Waals surface area contributed by atoms with Gasteiger partial charge in [-0.2, -0.15) is 10.2 Å². The van der Waals surface area contributed by atoms with Crippen molar-refractivity contribution in [3.05, 3.63) is 48.0 Å². The van der Waals surface area contributed by atoms with Crippen molar-refractivity contribution in [2.75, 3.05) is 6.54 Å². The van der Waals surface area contributed by atoms with Gasteiger partial charge in [-0.05, 0) is 31.2 Å². The van der Waals surface area contributed by atoms with Crippen molar-refractivity contribution < 1.29 is 4.79 Å². The Morgan fingerprint density at radius 1 is 1.41 bits per heavy atom. The van der Waals surface area contributed by atoms with E-state index >= 15 is 0 Å². The van der Waals surface area contributed by atoms with Crippen molar-refractivity contribution in [2.45, 2.75) is 13.5 Å². The van der Waals surface area contributed by atoms with E-state index in [4.69, 9.17) is 0 Å². The van der Waals surface area contributed by atoms with E-state index in [1.807, 2.05) is 47.6 Å². The van der Waals surface area contributed by atoms with Crippen LogP contribution in [-0.2, 0) is 13.6 Å². The summed E-state index contributed by atoms with van der Waals surface area (Å²) >= 11 is 0. The zero-order valence-corrected chi connectivity index (χ0v) is 12.6. The fourth-order valence-electron chi connectivity index (χ4n) is 2.30. The maximum Gasteiger partial charge on any atom is 0.269 e. The molecule has 0 spiro atoms. The van der Waals surface area contributed by atoms with E-state index in [2.05, 4.69) is 20.6 Å². The van der Waals surface area contributed by atoms with Gasteiger partial charge in [-0.3, -0.25) is 14.6 Å². The summed E-state index contributed by atoms with van der Waals surface area (Å²) in [6.45, 7) is 3.14. The normalized spacial score (nSPS) is 10.8. The Balaban J connectivity index is 1.60. The van der Waals surface area contributed by atoms with Gasteiger partial charge in [-0.15, -0.1) is 0 Å². The van der Waals surface area contributed by atoms with Crippen molar-refractivity contribution in [2.24, 2.45) is 7.05 Å². The summed E-state index contributed by atoms with van der Waals surface area (Å²) in [5.74, 6) is -0.169. The van der Waals surface area contributed by atoms with Crippen LogP contribution in [-0.4, -0.2) is 37.0 Å². The molecule has 0 unspecified atom stereocenters. The highest BCUT2D eigenvalue weighted by Crippen LogP contribution is 2.17. The second kappa shape index (κ2) is 5.88. The van der Waals surface area contributed by atoms with E-state index in [9.17, 15) is 4.79 Å². The van der Waals surface area contributed by atoms with E-state index < -0.39 is 0 Å². The number of hydrogen-bond donors (Lipinski definition) is 2. The molecule has 3 aromatic heterocycles. The molecule has 0 aliphatic carbocycles. The van der Waals surface area contributed by atoms with Crippen molar-refractivity contribution >= 4 is 5.91 Å². The molecule has 0 saturated carbocycles. The molecule has 0 atom stereocenters. The zero-order chi connectivity index (χ0) is 15.5. The topological polar surface area (TPSA) is 80.5 Å². The van der Waals surface area contributed by atoms with Crippen molar-refractivity contribution in [3.8, 4) is 11.4 Å². The Kier molecular flexibility index (Phi) is 3.78. The van der Waals surface area contributed by atoms with Gasteiger partial charge in [0.2, 0.25) is 0 Å². The number of nitrogens with one attached hydrogen (secondary N) is 2. The number of carbonyl (C=O) groups excluding carboxylic acids is 1. The lowest BCUT2D eigenvalue weighted by Crippen LogP contribution is -2.28. The van der Waals surface area contributed by atoms with Gasteiger partial charge in [0.1, 0.15) is 11.4 Å². The second-order valence-corrected chi connectivity index (χ2v) is 5.12. The number of aromatic amines is 1. The molecule has 0 aliphatic heterocycles. The smallest absolute Gasteiger partial charge is 0.269 e. The van der Waals surface area contributed by atoms with Crippen LogP contribution >= 0.6 is 0 Å². The summed E-state index contributed by atoms with van der Waals surface area (Å²) in [6, 6.07) is 7.58. The number of hydrogen-bond acceptors (Lipinski definition) is 3. The van der Waals surface area contributed by atoms with Gasteiger partial charge >= 0.3 is 0 Å². The fraction of sp³-hybridized carbons (Fsp3) is 0.267. The minimum Gasteiger partial charge on any atom is -0.349 e. The number of nitrogens with zero attached hydrogens (tertiary/aromatic N) is 4. The maximum absolute atomic E-state index is 12.1. The van der Waals surface area contributed by atoms with Crippen molar-refractivity contribution in [1.82, 2.24) is 29.9 Å². The molecule has 7 heteroatoms. The molecule has 0 aromatic carbocycles. The van der Waals surface area contributed by atoms with Gasteiger partial charge in [0.05, 0.1) is 12.2 Å². The summed E-state index contributed by atoms with van der Waals surface area (Å²) in [5, 5.41) is 14.0. The van der Waals surface area contributed by atoms with Crippen LogP contribution in [0.3, 0.4) is 0 Å². The predicted molar refractivity (Wildman–Crippen MR) is 82.3 cm³/mol. The van der Waals surface area contributed by atoms with E-state index in [0.717, 1.165) is 17.1 Å². The number of aryl methyl sites for hydroxylation is 2. The predicted octanol–water partition coefficient (Wildman–Crippen LogP) is 1.35. The number of amides is 1. The summed E-state index contributed by atoms with van der Waals surface area (Å²) in [4.78, 5) is 12.1. The molecule has 0 aliphatic rings. The molecule has 7 nitrogen and oxygen atoms in total. The first-order valence-corrected chi connectivity index (χ1v) is 7.09. The van der Waals surface area contributed by atoms with Crippen molar-refractivity contribution in [3.63, 3.8) is 0 Å². The lowest BCUT2D eigenvalue weighted by Gasteiger charge is -2.05. The Morgan fingerprint density at radius 3 is 2.95 bits per heavy atom. The molecular formula is C15H18N6O. The van der Waals surface area contributed by atoms with E-state index in [1.165, 1.54) is 0 Å². The lowest BCUT2D eigenvalue weighted by molar-refractivity contribution is 0.0947. The van der Waals surface area contributed by atoms with Crippen molar-refractivity contribution in [1.29, 1.82) is 0 Å². The number of H-pyrrole nitrogens is 1. The zero-order valence-electron chi connectivity index (χ0n) is 12.6. The van der Waals surface area contributed by atoms with Gasteiger partial charge in [-0.25, -0.2) is 0 Å². The third-order valence-electron chi connectivity index (χ3n) is 3.57. The van der Waals surface area contributed by atoms with Crippen LogP contribution in [0.5, 0.6) is 0 Å². The molecule has 0 bridgehead atoms. The average molecular weight is 298 g/mol. The van der Waals surface area contributed by atoms with E-state index in [1.54, 1.807) is 12.3 Å². The molecule has 0 radical (unpaired) electrons. The Bertz CT molecular complexity index is 781. The van der Waals surface area contributed by atoms with Gasteiger partial charge < -0.3 is 9.88 Å². The maximum atomic E-state index is 12.1. The quantitative estimate of drug-likeness (QED) is 0.746. The van der Waals surface area contributed by atoms with Crippen LogP contribution in [0.1, 0.15) is 16.2 Å². The van der Waals surface area contributed by atoms with Gasteiger partial charge in [0, 0.05) is 31.7 Å².